The van der Waals surface area contributed by atoms with Gasteiger partial charge in [-0.15, -0.1) is 0 Å². The van der Waals surface area contributed by atoms with Gasteiger partial charge in [-0.25, -0.2) is 8.42 Å². The summed E-state index contributed by atoms with van der Waals surface area (Å²) < 4.78 is 28.0. The first kappa shape index (κ1) is 14.8. The van der Waals surface area contributed by atoms with Gasteiger partial charge in [0.2, 0.25) is 0 Å². The van der Waals surface area contributed by atoms with Crippen LogP contribution in [0.2, 0.25) is 0 Å². The number of anilines is 1. The highest BCUT2D eigenvalue weighted by atomic mass is 32.2. The van der Waals surface area contributed by atoms with Gasteiger partial charge in [-0.3, -0.25) is 4.79 Å². The molecule has 6 nitrogen and oxygen atoms in total. The number of benzene rings is 1. The number of nitrogens with one attached hydrogen (secondary N) is 1. The number of ether oxygens (including phenoxy) is 1. The van der Waals surface area contributed by atoms with Crippen LogP contribution in [0.3, 0.4) is 0 Å². The van der Waals surface area contributed by atoms with Gasteiger partial charge in [-0.1, -0.05) is 0 Å². The molecule has 1 aliphatic rings. The lowest BCUT2D eigenvalue weighted by Crippen LogP contribution is -2.43. The number of sulfone groups is 1. The Labute approximate surface area is 117 Å². The monoisotopic (exact) mass is 299 g/mol. The fourth-order valence-electron chi connectivity index (χ4n) is 2.08. The van der Waals surface area contributed by atoms with Gasteiger partial charge in [0.1, 0.15) is 5.41 Å². The molecular weight excluding hydrogens is 282 g/mol. The standard InChI is InChI=1S/C13H17NO5S/c1-13(12(15)16)8-19-7-11(13)14-9-3-5-10(6-4-9)20(2,17)18/h3-6,11,14H,7-8H2,1-2H3,(H,15,16). The number of carbonyl (C=O) groups is 1. The summed E-state index contributed by atoms with van der Waals surface area (Å²) >= 11 is 0. The second-order valence-corrected chi connectivity index (χ2v) is 7.25. The molecule has 0 bridgehead atoms. The number of hydrogen-bond acceptors (Lipinski definition) is 5. The third-order valence-corrected chi connectivity index (χ3v) is 4.70. The van der Waals surface area contributed by atoms with Gasteiger partial charge in [0, 0.05) is 11.9 Å². The number of rotatable bonds is 4. The Hall–Kier alpha value is -1.60. The van der Waals surface area contributed by atoms with E-state index in [1.165, 1.54) is 12.1 Å². The van der Waals surface area contributed by atoms with Gasteiger partial charge in [0.15, 0.2) is 9.84 Å². The predicted molar refractivity (Wildman–Crippen MR) is 73.5 cm³/mol. The molecule has 1 aromatic carbocycles. The number of carboxylic acid groups (broad SMARTS) is 1. The molecule has 1 heterocycles. The van der Waals surface area contributed by atoms with E-state index in [0.29, 0.717) is 12.3 Å². The van der Waals surface area contributed by atoms with Crippen molar-refractivity contribution in [2.45, 2.75) is 17.9 Å². The van der Waals surface area contributed by atoms with E-state index in [-0.39, 0.29) is 17.5 Å². The average molecular weight is 299 g/mol. The lowest BCUT2D eigenvalue weighted by Gasteiger charge is -2.26. The first-order chi connectivity index (χ1) is 9.23. The molecule has 1 aromatic rings. The van der Waals surface area contributed by atoms with E-state index in [9.17, 15) is 18.3 Å². The van der Waals surface area contributed by atoms with Crippen LogP contribution in [-0.2, 0) is 19.4 Å². The maximum absolute atomic E-state index is 11.4. The fourth-order valence-corrected chi connectivity index (χ4v) is 2.72. The summed E-state index contributed by atoms with van der Waals surface area (Å²) in [4.78, 5) is 11.5. The molecule has 7 heteroatoms. The van der Waals surface area contributed by atoms with E-state index < -0.39 is 21.2 Å². The quantitative estimate of drug-likeness (QED) is 0.861. The molecule has 1 saturated heterocycles. The molecule has 20 heavy (non-hydrogen) atoms. The Kier molecular flexibility index (Phi) is 3.75. The predicted octanol–water partition coefficient (Wildman–Crippen LogP) is 0.992. The van der Waals surface area contributed by atoms with Crippen molar-refractivity contribution in [3.63, 3.8) is 0 Å². The highest BCUT2D eigenvalue weighted by molar-refractivity contribution is 7.90. The largest absolute Gasteiger partial charge is 0.481 e. The number of carboxylic acids is 1. The minimum atomic E-state index is -3.23. The molecule has 2 unspecified atom stereocenters. The Morgan fingerprint density at radius 1 is 1.40 bits per heavy atom. The highest BCUT2D eigenvalue weighted by Gasteiger charge is 2.46. The van der Waals surface area contributed by atoms with Crippen molar-refractivity contribution in [1.29, 1.82) is 0 Å². The van der Waals surface area contributed by atoms with Crippen molar-refractivity contribution >= 4 is 21.5 Å². The normalized spacial score (nSPS) is 26.4. The zero-order valence-electron chi connectivity index (χ0n) is 11.3. The van der Waals surface area contributed by atoms with Crippen LogP contribution in [0.15, 0.2) is 29.2 Å². The summed E-state index contributed by atoms with van der Waals surface area (Å²) in [6.45, 7) is 2.09. The summed E-state index contributed by atoms with van der Waals surface area (Å²) in [5.74, 6) is -0.916. The molecular formula is C13H17NO5S. The van der Waals surface area contributed by atoms with E-state index in [4.69, 9.17) is 4.74 Å². The molecule has 1 aliphatic heterocycles. The van der Waals surface area contributed by atoms with Crippen LogP contribution in [0.5, 0.6) is 0 Å². The topological polar surface area (TPSA) is 92.7 Å². The molecule has 1 fully saturated rings. The molecule has 0 aliphatic carbocycles. The van der Waals surface area contributed by atoms with Crippen molar-refractivity contribution < 1.29 is 23.1 Å². The van der Waals surface area contributed by atoms with Gasteiger partial charge < -0.3 is 15.2 Å². The van der Waals surface area contributed by atoms with Crippen LogP contribution in [0, 0.1) is 5.41 Å². The molecule has 0 saturated carbocycles. The van der Waals surface area contributed by atoms with Gasteiger partial charge in [-0.2, -0.15) is 0 Å². The third kappa shape index (κ3) is 2.78. The summed E-state index contributed by atoms with van der Waals surface area (Å²) in [5, 5.41) is 12.4. The van der Waals surface area contributed by atoms with Gasteiger partial charge in [0.25, 0.3) is 0 Å². The zero-order valence-corrected chi connectivity index (χ0v) is 12.1. The van der Waals surface area contributed by atoms with Crippen LogP contribution in [-0.4, -0.2) is 45.0 Å². The average Bonchev–Trinajstić information content (AvgIpc) is 2.72. The SMILES string of the molecule is CC1(C(=O)O)COCC1Nc1ccc(S(C)(=O)=O)cc1. The number of hydrogen-bond donors (Lipinski definition) is 2. The number of aliphatic carboxylic acids is 1. The molecule has 0 amide bonds. The van der Waals surface area contributed by atoms with Crippen molar-refractivity contribution in [2.24, 2.45) is 5.41 Å². The maximum atomic E-state index is 11.4. The molecule has 2 N–H and O–H groups in total. The Morgan fingerprint density at radius 2 is 2.00 bits per heavy atom. The van der Waals surface area contributed by atoms with E-state index in [2.05, 4.69) is 5.32 Å². The van der Waals surface area contributed by atoms with Crippen LogP contribution < -0.4 is 5.32 Å². The summed E-state index contributed by atoms with van der Waals surface area (Å²) in [7, 11) is -3.23. The van der Waals surface area contributed by atoms with E-state index in [1.807, 2.05) is 0 Å². The van der Waals surface area contributed by atoms with Gasteiger partial charge in [-0.05, 0) is 31.2 Å². The summed E-state index contributed by atoms with van der Waals surface area (Å²) in [6.07, 6.45) is 1.14. The van der Waals surface area contributed by atoms with E-state index in [1.54, 1.807) is 19.1 Å². The van der Waals surface area contributed by atoms with Crippen LogP contribution in [0.1, 0.15) is 6.92 Å². The Morgan fingerprint density at radius 3 is 2.50 bits per heavy atom. The van der Waals surface area contributed by atoms with Crippen LogP contribution in [0.4, 0.5) is 5.69 Å². The summed E-state index contributed by atoms with van der Waals surface area (Å²) in [5.41, 5.74) is -0.324. The maximum Gasteiger partial charge on any atom is 0.313 e. The van der Waals surface area contributed by atoms with E-state index in [0.717, 1.165) is 6.26 Å². The fraction of sp³-hybridized carbons (Fsp3) is 0.462. The molecule has 2 rings (SSSR count). The van der Waals surface area contributed by atoms with Gasteiger partial charge >= 0.3 is 5.97 Å². The molecule has 0 radical (unpaired) electrons. The first-order valence-electron chi connectivity index (χ1n) is 6.11. The van der Waals surface area contributed by atoms with Crippen molar-refractivity contribution in [1.82, 2.24) is 0 Å². The minimum absolute atomic E-state index is 0.154. The molecule has 2 atom stereocenters. The van der Waals surface area contributed by atoms with Gasteiger partial charge in [0.05, 0.1) is 24.2 Å². The third-order valence-electron chi connectivity index (χ3n) is 3.57. The van der Waals surface area contributed by atoms with Crippen LogP contribution >= 0.6 is 0 Å². The lowest BCUT2D eigenvalue weighted by molar-refractivity contribution is -0.148. The van der Waals surface area contributed by atoms with Crippen LogP contribution in [0.25, 0.3) is 0 Å². The second-order valence-electron chi connectivity index (χ2n) is 5.23. The molecule has 0 spiro atoms. The van der Waals surface area contributed by atoms with Crippen molar-refractivity contribution in [3.8, 4) is 0 Å². The smallest absolute Gasteiger partial charge is 0.313 e. The summed E-state index contributed by atoms with van der Waals surface area (Å²) in [6, 6.07) is 5.87. The minimum Gasteiger partial charge on any atom is -0.481 e. The van der Waals surface area contributed by atoms with Crippen molar-refractivity contribution in [2.75, 3.05) is 24.8 Å². The van der Waals surface area contributed by atoms with E-state index >= 15 is 0 Å². The lowest BCUT2D eigenvalue weighted by atomic mass is 9.85. The molecule has 110 valence electrons. The highest BCUT2D eigenvalue weighted by Crippen LogP contribution is 2.31. The second kappa shape index (κ2) is 5.06. The first-order valence-corrected chi connectivity index (χ1v) is 8.00. The molecule has 0 aromatic heterocycles. The van der Waals surface area contributed by atoms with Crippen molar-refractivity contribution in [3.05, 3.63) is 24.3 Å². The Balaban J connectivity index is 2.17. The Bertz CT molecular complexity index is 610. The zero-order chi connectivity index (χ0) is 15.0.